The first-order valence-electron chi connectivity index (χ1n) is 11.2. The van der Waals surface area contributed by atoms with Gasteiger partial charge in [-0.2, -0.15) is 0 Å². The van der Waals surface area contributed by atoms with Crippen LogP contribution >= 0.6 is 0 Å². The number of H-pyrrole nitrogens is 1. The van der Waals surface area contributed by atoms with E-state index < -0.39 is 22.8 Å². The van der Waals surface area contributed by atoms with Gasteiger partial charge in [0.15, 0.2) is 17.4 Å². The number of nitrogens with zero attached hydrogens (tertiary/aromatic N) is 2. The van der Waals surface area contributed by atoms with Crippen LogP contribution in [0.3, 0.4) is 0 Å². The zero-order valence-electron chi connectivity index (χ0n) is 19.6. The minimum Gasteiger partial charge on any atom is -0.497 e. The first-order valence-corrected chi connectivity index (χ1v) is 11.2. The third kappa shape index (κ3) is 4.55. The minimum absolute atomic E-state index is 0.0813. The Labute approximate surface area is 205 Å². The van der Waals surface area contributed by atoms with E-state index in [0.29, 0.717) is 23.3 Å². The molecule has 0 aliphatic carbocycles. The van der Waals surface area contributed by atoms with Gasteiger partial charge < -0.3 is 29.6 Å². The summed E-state index contributed by atoms with van der Waals surface area (Å²) in [4.78, 5) is 11.6. The second kappa shape index (κ2) is 9.46. The van der Waals surface area contributed by atoms with Crippen LogP contribution in [-0.2, 0) is 4.74 Å². The summed E-state index contributed by atoms with van der Waals surface area (Å²) in [6.07, 6.45) is 3.25. The van der Waals surface area contributed by atoms with E-state index in [2.05, 4.69) is 20.3 Å². The molecule has 2 aromatic carbocycles. The first kappa shape index (κ1) is 23.6. The molecule has 0 saturated heterocycles. The number of aromatic amines is 1. The summed E-state index contributed by atoms with van der Waals surface area (Å²) in [5.41, 5.74) is 1.70. The summed E-state index contributed by atoms with van der Waals surface area (Å²) in [6, 6.07) is 11.3. The number of aliphatic imine (C=N–C) groups is 1. The fraction of sp³-hybridized carbons (Fsp3) is 0.231. The van der Waals surface area contributed by atoms with Gasteiger partial charge in [-0.15, -0.1) is 0 Å². The summed E-state index contributed by atoms with van der Waals surface area (Å²) in [5, 5.41) is 12.8. The van der Waals surface area contributed by atoms with Crippen LogP contribution in [0, 0.1) is 17.0 Å². The number of methoxy groups -OCH3 is 1. The van der Waals surface area contributed by atoms with Crippen molar-refractivity contribution in [2.45, 2.75) is 6.92 Å². The van der Waals surface area contributed by atoms with Crippen LogP contribution < -0.4 is 14.8 Å². The molecule has 4 aromatic rings. The van der Waals surface area contributed by atoms with Crippen LogP contribution in [0.1, 0.15) is 6.92 Å². The van der Waals surface area contributed by atoms with Gasteiger partial charge in [-0.25, -0.2) is 18.8 Å². The number of anilines is 1. The number of hydrogen-bond donors (Lipinski definition) is 3. The molecule has 0 saturated carbocycles. The maximum Gasteiger partial charge on any atom is 0.289 e. The third-order valence-corrected chi connectivity index (χ3v) is 5.92. The average molecular weight is 494 g/mol. The zero-order valence-corrected chi connectivity index (χ0v) is 19.6. The Hall–Kier alpha value is -4.18. The maximum atomic E-state index is 15.0. The molecular weight excluding hydrogens is 470 g/mol. The van der Waals surface area contributed by atoms with Crippen molar-refractivity contribution in [1.82, 2.24) is 9.97 Å². The van der Waals surface area contributed by atoms with Gasteiger partial charge in [0.25, 0.3) is 6.02 Å². The molecule has 8 nitrogen and oxygen atoms in total. The molecule has 0 amide bonds. The molecule has 3 heterocycles. The summed E-state index contributed by atoms with van der Waals surface area (Å²) in [6.45, 7) is 2.30. The Morgan fingerprint density at radius 2 is 2.00 bits per heavy atom. The molecule has 0 fully saturated rings. The molecule has 1 atom stereocenters. The Bertz CT molecular complexity index is 1430. The molecule has 0 spiro atoms. The summed E-state index contributed by atoms with van der Waals surface area (Å²) in [7, 11) is 1.58. The highest BCUT2D eigenvalue weighted by Crippen LogP contribution is 2.39. The van der Waals surface area contributed by atoms with E-state index in [1.807, 2.05) is 31.2 Å². The lowest BCUT2D eigenvalue weighted by Crippen LogP contribution is -2.38. The van der Waals surface area contributed by atoms with Gasteiger partial charge in [0.05, 0.1) is 25.6 Å². The van der Waals surface area contributed by atoms with E-state index in [9.17, 15) is 5.11 Å². The minimum atomic E-state index is -0.905. The lowest BCUT2D eigenvalue weighted by Gasteiger charge is -2.30. The van der Waals surface area contributed by atoms with E-state index in [4.69, 9.17) is 14.2 Å². The van der Waals surface area contributed by atoms with E-state index in [1.165, 1.54) is 6.20 Å². The monoisotopic (exact) mass is 494 g/mol. The number of fused-ring (bicyclic) bond motifs is 1. The van der Waals surface area contributed by atoms with Gasteiger partial charge in [0, 0.05) is 41.2 Å². The standard InChI is InChI=1S/C26H24F2N4O4/c1-26(13-33)12-31-25(35-14-26)32-16-9-19(27)23(20(28)10-16)36-21-6-7-29-24-22(21)18(11-30-24)15-4-3-5-17(8-15)34-2/h3-11,33H,12-14H2,1-2H3,(H,29,30)(H,31,32)/t26-/m1/s1. The van der Waals surface area contributed by atoms with Gasteiger partial charge in [0.1, 0.15) is 23.8 Å². The van der Waals surface area contributed by atoms with Crippen molar-refractivity contribution >= 4 is 22.7 Å². The Morgan fingerprint density at radius 3 is 2.69 bits per heavy atom. The highest BCUT2D eigenvalue weighted by molar-refractivity contribution is 5.98. The molecule has 36 heavy (non-hydrogen) atoms. The maximum absolute atomic E-state index is 15.0. The molecule has 186 valence electrons. The lowest BCUT2D eigenvalue weighted by molar-refractivity contribution is 0.0706. The van der Waals surface area contributed by atoms with Crippen LogP contribution in [-0.4, -0.2) is 48.0 Å². The van der Waals surface area contributed by atoms with Gasteiger partial charge in [0.2, 0.25) is 0 Å². The Kier molecular flexibility index (Phi) is 6.19. The van der Waals surface area contributed by atoms with Gasteiger partial charge in [-0.3, -0.25) is 0 Å². The van der Waals surface area contributed by atoms with E-state index in [1.54, 1.807) is 19.4 Å². The molecule has 1 aliphatic heterocycles. The highest BCUT2D eigenvalue weighted by atomic mass is 19.1. The van der Waals surface area contributed by atoms with E-state index >= 15 is 8.78 Å². The van der Waals surface area contributed by atoms with Crippen molar-refractivity contribution in [2.24, 2.45) is 10.4 Å². The SMILES string of the molecule is COc1cccc(-c2c[nH]c3nccc(Oc4c(F)cc(NC5=NC[C@](C)(CO)CO5)cc4F)c23)c1. The summed E-state index contributed by atoms with van der Waals surface area (Å²) < 4.78 is 46.6. The largest absolute Gasteiger partial charge is 0.497 e. The molecular formula is C26H24F2N4O4. The smallest absolute Gasteiger partial charge is 0.289 e. The van der Waals surface area contributed by atoms with Crippen LogP contribution in [0.5, 0.6) is 17.2 Å². The zero-order chi connectivity index (χ0) is 25.3. The van der Waals surface area contributed by atoms with Crippen molar-refractivity contribution in [3.63, 3.8) is 0 Å². The molecule has 0 bridgehead atoms. The lowest BCUT2D eigenvalue weighted by atomic mass is 9.93. The number of amidine groups is 1. The molecule has 10 heteroatoms. The van der Waals surface area contributed by atoms with Crippen LogP contribution in [0.2, 0.25) is 0 Å². The van der Waals surface area contributed by atoms with Crippen LogP contribution in [0.4, 0.5) is 14.5 Å². The molecule has 1 aliphatic rings. The molecule has 0 radical (unpaired) electrons. The number of benzene rings is 2. The number of ether oxygens (including phenoxy) is 3. The number of aliphatic hydroxyl groups is 1. The third-order valence-electron chi connectivity index (χ3n) is 5.92. The number of hydrogen-bond acceptors (Lipinski definition) is 7. The number of nitrogens with one attached hydrogen (secondary N) is 2. The predicted octanol–water partition coefficient (Wildman–Crippen LogP) is 5.11. The van der Waals surface area contributed by atoms with E-state index in [-0.39, 0.29) is 30.7 Å². The summed E-state index contributed by atoms with van der Waals surface area (Å²) >= 11 is 0. The van der Waals surface area contributed by atoms with Crippen LogP contribution in [0.25, 0.3) is 22.2 Å². The molecule has 5 rings (SSSR count). The Morgan fingerprint density at radius 1 is 1.19 bits per heavy atom. The molecule has 0 unspecified atom stereocenters. The fourth-order valence-electron chi connectivity index (χ4n) is 3.86. The fourth-order valence-corrected chi connectivity index (χ4v) is 3.86. The van der Waals surface area contributed by atoms with Crippen molar-refractivity contribution in [3.8, 4) is 28.4 Å². The first-order chi connectivity index (χ1) is 17.4. The molecule has 3 N–H and O–H groups in total. The topological polar surface area (TPSA) is 101 Å². The summed E-state index contributed by atoms with van der Waals surface area (Å²) in [5.74, 6) is -1.46. The van der Waals surface area contributed by atoms with E-state index in [0.717, 1.165) is 23.3 Å². The number of aromatic nitrogens is 2. The second-order valence-electron chi connectivity index (χ2n) is 8.84. The van der Waals surface area contributed by atoms with Gasteiger partial charge in [-0.05, 0) is 23.8 Å². The quantitative estimate of drug-likeness (QED) is 0.345. The average Bonchev–Trinajstić information content (AvgIpc) is 3.33. The van der Waals surface area contributed by atoms with Crippen LogP contribution in [0.15, 0.2) is 59.9 Å². The van der Waals surface area contributed by atoms with Crippen molar-refractivity contribution < 1.29 is 28.1 Å². The van der Waals surface area contributed by atoms with Crippen molar-refractivity contribution in [3.05, 3.63) is 66.5 Å². The van der Waals surface area contributed by atoms with Crippen molar-refractivity contribution in [2.75, 3.05) is 32.2 Å². The second-order valence-corrected chi connectivity index (χ2v) is 8.84. The predicted molar refractivity (Wildman–Crippen MR) is 132 cm³/mol. The van der Waals surface area contributed by atoms with Gasteiger partial charge in [-0.1, -0.05) is 19.1 Å². The van der Waals surface area contributed by atoms with Crippen molar-refractivity contribution in [1.29, 1.82) is 0 Å². The Balaban J connectivity index is 1.44. The highest BCUT2D eigenvalue weighted by Gasteiger charge is 2.29. The number of pyridine rings is 1. The number of halogens is 2. The molecule has 2 aromatic heterocycles. The number of aliphatic hydroxyl groups excluding tert-OH is 1. The normalized spacial score (nSPS) is 17.4. The number of rotatable bonds is 6. The van der Waals surface area contributed by atoms with Gasteiger partial charge >= 0.3 is 0 Å².